The van der Waals surface area contributed by atoms with Crippen LogP contribution >= 0.6 is 0 Å². The van der Waals surface area contributed by atoms with Crippen LogP contribution in [0.15, 0.2) is 18.2 Å². The number of carbonyl (C=O) groups is 3. The van der Waals surface area contributed by atoms with Crippen LogP contribution in [-0.2, 0) is 14.3 Å². The Labute approximate surface area is 164 Å². The van der Waals surface area contributed by atoms with Crippen LogP contribution in [0.3, 0.4) is 0 Å². The molecule has 0 fully saturated rings. The lowest BCUT2D eigenvalue weighted by Gasteiger charge is -2.12. The molecule has 9 nitrogen and oxygen atoms in total. The molecule has 9 heteroatoms. The van der Waals surface area contributed by atoms with E-state index in [1.807, 2.05) is 13.8 Å². The second-order valence-electron chi connectivity index (χ2n) is 6.05. The summed E-state index contributed by atoms with van der Waals surface area (Å²) in [6.45, 7) is 3.69. The highest BCUT2D eigenvalue weighted by Gasteiger charge is 2.13. The van der Waals surface area contributed by atoms with Gasteiger partial charge >= 0.3 is 12.0 Å². The molecule has 28 heavy (non-hydrogen) atoms. The van der Waals surface area contributed by atoms with Crippen LogP contribution in [0.2, 0.25) is 0 Å². The number of methoxy groups -OCH3 is 3. The first-order valence-corrected chi connectivity index (χ1v) is 8.53. The van der Waals surface area contributed by atoms with Crippen molar-refractivity contribution in [2.75, 3.05) is 34.5 Å². The summed E-state index contributed by atoms with van der Waals surface area (Å²) in [6.07, 6.45) is 2.62. The number of rotatable bonds is 9. The Hall–Kier alpha value is -3.23. The van der Waals surface area contributed by atoms with E-state index in [-0.39, 0.29) is 5.92 Å². The van der Waals surface area contributed by atoms with Crippen molar-refractivity contribution in [3.63, 3.8) is 0 Å². The number of nitrogens with one attached hydrogen (secondary N) is 2. The Kier molecular flexibility index (Phi) is 9.35. The van der Waals surface area contributed by atoms with Gasteiger partial charge in [-0.15, -0.1) is 0 Å². The molecule has 0 radical (unpaired) electrons. The minimum atomic E-state index is -0.744. The third kappa shape index (κ3) is 7.56. The zero-order valence-electron chi connectivity index (χ0n) is 16.7. The van der Waals surface area contributed by atoms with Gasteiger partial charge in [-0.3, -0.25) is 10.1 Å². The van der Waals surface area contributed by atoms with E-state index in [4.69, 9.17) is 18.9 Å². The van der Waals surface area contributed by atoms with Crippen LogP contribution in [0.5, 0.6) is 17.2 Å². The number of hydrogen-bond donors (Lipinski definition) is 2. The van der Waals surface area contributed by atoms with E-state index in [0.717, 1.165) is 6.08 Å². The van der Waals surface area contributed by atoms with E-state index in [1.165, 1.54) is 27.4 Å². The molecule has 0 aliphatic carbocycles. The highest BCUT2D eigenvalue weighted by Crippen LogP contribution is 2.38. The monoisotopic (exact) mass is 394 g/mol. The minimum absolute atomic E-state index is 0.249. The first-order chi connectivity index (χ1) is 13.3. The van der Waals surface area contributed by atoms with Crippen LogP contribution < -0.4 is 24.8 Å². The van der Waals surface area contributed by atoms with Gasteiger partial charge in [-0.2, -0.15) is 0 Å². The summed E-state index contributed by atoms with van der Waals surface area (Å²) < 4.78 is 20.5. The van der Waals surface area contributed by atoms with Gasteiger partial charge in [0, 0.05) is 12.6 Å². The van der Waals surface area contributed by atoms with Gasteiger partial charge in [0.1, 0.15) is 0 Å². The fourth-order valence-corrected chi connectivity index (χ4v) is 2.05. The molecule has 3 amide bonds. The van der Waals surface area contributed by atoms with Crippen molar-refractivity contribution in [2.45, 2.75) is 13.8 Å². The average molecular weight is 394 g/mol. The molecule has 0 aliphatic heterocycles. The summed E-state index contributed by atoms with van der Waals surface area (Å²) >= 11 is 0. The van der Waals surface area contributed by atoms with Gasteiger partial charge in [-0.25, -0.2) is 9.59 Å². The number of benzene rings is 1. The van der Waals surface area contributed by atoms with Crippen molar-refractivity contribution in [3.05, 3.63) is 23.8 Å². The molecule has 2 N–H and O–H groups in total. The third-order valence-electron chi connectivity index (χ3n) is 3.37. The summed E-state index contributed by atoms with van der Waals surface area (Å²) in [6, 6.07) is 2.66. The summed E-state index contributed by atoms with van der Waals surface area (Å²) in [7, 11) is 4.45. The minimum Gasteiger partial charge on any atom is -0.493 e. The highest BCUT2D eigenvalue weighted by molar-refractivity contribution is 5.96. The van der Waals surface area contributed by atoms with Gasteiger partial charge in [-0.1, -0.05) is 13.8 Å². The standard InChI is InChI=1S/C19H26N2O7/c1-12(2)10-20-19(24)21-16(22)11-28-17(23)7-6-13-8-14(25-3)18(27-5)15(9-13)26-4/h6-9,12H,10-11H2,1-5H3,(H2,20,21,22,24)/b7-6+. The summed E-state index contributed by atoms with van der Waals surface area (Å²) in [5, 5.41) is 4.59. The van der Waals surface area contributed by atoms with Crippen LogP contribution in [0.1, 0.15) is 19.4 Å². The van der Waals surface area contributed by atoms with Gasteiger partial charge < -0.3 is 24.3 Å². The Bertz CT molecular complexity index is 704. The maximum atomic E-state index is 11.8. The molecule has 154 valence electrons. The summed E-state index contributed by atoms with van der Waals surface area (Å²) in [5.41, 5.74) is 0.601. The maximum absolute atomic E-state index is 11.8. The highest BCUT2D eigenvalue weighted by atomic mass is 16.5. The number of esters is 1. The Morgan fingerprint density at radius 3 is 2.14 bits per heavy atom. The molecule has 0 saturated heterocycles. The Morgan fingerprint density at radius 2 is 1.64 bits per heavy atom. The smallest absolute Gasteiger partial charge is 0.331 e. The molecule has 0 aliphatic rings. The SMILES string of the molecule is COc1cc(/C=C/C(=O)OCC(=O)NC(=O)NCC(C)C)cc(OC)c1OC. The first kappa shape index (κ1) is 22.8. The van der Waals surface area contributed by atoms with Crippen molar-refractivity contribution in [1.82, 2.24) is 10.6 Å². The fraction of sp³-hybridized carbons (Fsp3) is 0.421. The Morgan fingerprint density at radius 1 is 1.04 bits per heavy atom. The zero-order valence-corrected chi connectivity index (χ0v) is 16.7. The van der Waals surface area contributed by atoms with E-state index in [2.05, 4.69) is 10.6 Å². The van der Waals surface area contributed by atoms with Gasteiger partial charge in [-0.05, 0) is 29.7 Å². The van der Waals surface area contributed by atoms with Gasteiger partial charge in [0.15, 0.2) is 18.1 Å². The molecule has 0 saturated carbocycles. The molecular weight excluding hydrogens is 368 g/mol. The lowest BCUT2D eigenvalue weighted by atomic mass is 10.1. The van der Waals surface area contributed by atoms with Crippen molar-refractivity contribution >= 4 is 24.0 Å². The second kappa shape index (κ2) is 11.5. The molecule has 1 aromatic rings. The van der Waals surface area contributed by atoms with Crippen molar-refractivity contribution in [3.8, 4) is 17.2 Å². The average Bonchev–Trinajstić information content (AvgIpc) is 2.68. The second-order valence-corrected chi connectivity index (χ2v) is 6.05. The van der Waals surface area contributed by atoms with Gasteiger partial charge in [0.25, 0.3) is 5.91 Å². The molecule has 0 unspecified atom stereocenters. The molecule has 0 heterocycles. The predicted octanol–water partition coefficient (Wildman–Crippen LogP) is 1.75. The van der Waals surface area contributed by atoms with Gasteiger partial charge in [0.05, 0.1) is 21.3 Å². The Balaban J connectivity index is 2.60. The first-order valence-electron chi connectivity index (χ1n) is 8.53. The predicted molar refractivity (Wildman–Crippen MR) is 102 cm³/mol. The van der Waals surface area contributed by atoms with Crippen LogP contribution in [0, 0.1) is 5.92 Å². The molecule has 0 bridgehead atoms. The number of urea groups is 1. The van der Waals surface area contributed by atoms with E-state index < -0.39 is 24.5 Å². The number of imide groups is 1. The molecule has 1 rings (SSSR count). The number of ether oxygens (including phenoxy) is 4. The van der Waals surface area contributed by atoms with E-state index >= 15 is 0 Å². The number of carbonyl (C=O) groups excluding carboxylic acids is 3. The molecule has 0 spiro atoms. The molecular formula is C19H26N2O7. The maximum Gasteiger partial charge on any atom is 0.331 e. The molecule has 0 aromatic heterocycles. The summed E-state index contributed by atoms with van der Waals surface area (Å²) in [5.74, 6) is 0.0711. The molecule has 0 atom stereocenters. The van der Waals surface area contributed by atoms with Crippen molar-refractivity contribution in [2.24, 2.45) is 5.92 Å². The number of hydrogen-bond acceptors (Lipinski definition) is 7. The lowest BCUT2D eigenvalue weighted by Crippen LogP contribution is -2.42. The largest absolute Gasteiger partial charge is 0.493 e. The lowest BCUT2D eigenvalue weighted by molar-refractivity contribution is -0.143. The van der Waals surface area contributed by atoms with Crippen LogP contribution in [0.25, 0.3) is 6.08 Å². The normalized spacial score (nSPS) is 10.5. The fourth-order valence-electron chi connectivity index (χ4n) is 2.05. The topological polar surface area (TPSA) is 112 Å². The summed E-state index contributed by atoms with van der Waals surface area (Å²) in [4.78, 5) is 34.8. The molecule has 1 aromatic carbocycles. The quantitative estimate of drug-likeness (QED) is 0.485. The van der Waals surface area contributed by atoms with Crippen LogP contribution in [0.4, 0.5) is 4.79 Å². The van der Waals surface area contributed by atoms with Crippen molar-refractivity contribution in [1.29, 1.82) is 0 Å². The number of amides is 3. The third-order valence-corrected chi connectivity index (χ3v) is 3.37. The van der Waals surface area contributed by atoms with Crippen LogP contribution in [-0.4, -0.2) is 52.4 Å². The van der Waals surface area contributed by atoms with E-state index in [9.17, 15) is 14.4 Å². The zero-order chi connectivity index (χ0) is 21.1. The van der Waals surface area contributed by atoms with E-state index in [0.29, 0.717) is 29.4 Å². The van der Waals surface area contributed by atoms with Gasteiger partial charge in [0.2, 0.25) is 5.75 Å². The van der Waals surface area contributed by atoms with Crippen molar-refractivity contribution < 1.29 is 33.3 Å². The van der Waals surface area contributed by atoms with E-state index in [1.54, 1.807) is 12.1 Å².